The van der Waals surface area contributed by atoms with E-state index < -0.39 is 0 Å². The average molecular weight is 443 g/mol. The van der Waals surface area contributed by atoms with Crippen molar-refractivity contribution in [2.45, 2.75) is 13.3 Å². The predicted molar refractivity (Wildman–Crippen MR) is 112 cm³/mol. The van der Waals surface area contributed by atoms with Gasteiger partial charge in [-0.1, -0.05) is 39.7 Å². The van der Waals surface area contributed by atoms with Crippen molar-refractivity contribution in [1.29, 1.82) is 0 Å². The summed E-state index contributed by atoms with van der Waals surface area (Å²) in [5.74, 6) is 0.564. The maximum absolute atomic E-state index is 6.78. The zero-order valence-electron chi connectivity index (χ0n) is 14.9. The summed E-state index contributed by atoms with van der Waals surface area (Å²) in [6, 6.07) is 14.2. The summed E-state index contributed by atoms with van der Waals surface area (Å²) >= 11 is 10.3. The lowest BCUT2D eigenvalue weighted by Crippen LogP contribution is -2.01. The molecule has 0 radical (unpaired) electrons. The van der Waals surface area contributed by atoms with Gasteiger partial charge in [-0.25, -0.2) is 9.67 Å². The molecule has 0 saturated heterocycles. The van der Waals surface area contributed by atoms with Crippen LogP contribution in [0.5, 0.6) is 5.88 Å². The van der Waals surface area contributed by atoms with Gasteiger partial charge in [0.05, 0.1) is 23.3 Å². The van der Waals surface area contributed by atoms with Crippen LogP contribution in [0.4, 0.5) is 0 Å². The number of aromatic nitrogens is 3. The van der Waals surface area contributed by atoms with Crippen LogP contribution in [0.15, 0.2) is 59.3 Å². The van der Waals surface area contributed by atoms with Crippen LogP contribution in [0.1, 0.15) is 16.7 Å². The van der Waals surface area contributed by atoms with E-state index in [1.807, 2.05) is 48.1 Å². The number of rotatable bonds is 4. The zero-order valence-corrected chi connectivity index (χ0v) is 17.3. The van der Waals surface area contributed by atoms with Crippen LogP contribution in [0.2, 0.25) is 5.02 Å². The molecule has 0 aliphatic carbocycles. The molecular weight excluding hydrogens is 426 g/mol. The topological polar surface area (TPSA) is 39.9 Å². The van der Waals surface area contributed by atoms with E-state index >= 15 is 0 Å². The molecule has 0 N–H and O–H groups in total. The van der Waals surface area contributed by atoms with Gasteiger partial charge in [-0.3, -0.25) is 0 Å². The fraction of sp³-hybridized carbons (Fsp3) is 0.143. The third-order valence-corrected chi connectivity index (χ3v) is 5.41. The standard InChI is InChI=1S/C21H17BrClN3O/c1-13-10-15(22)12-17-19(23)18(21(27-2)25-20(13)17)11-14-4-6-16(7-5-14)26-9-3-8-24-26/h3-10,12H,11H2,1-2H3. The van der Waals surface area contributed by atoms with Gasteiger partial charge in [0.1, 0.15) is 0 Å². The molecule has 4 nitrogen and oxygen atoms in total. The first-order valence-corrected chi connectivity index (χ1v) is 9.65. The summed E-state index contributed by atoms with van der Waals surface area (Å²) in [5, 5.41) is 5.86. The summed E-state index contributed by atoms with van der Waals surface area (Å²) < 4.78 is 8.36. The second-order valence-electron chi connectivity index (χ2n) is 6.33. The Balaban J connectivity index is 1.76. The van der Waals surface area contributed by atoms with Crippen molar-refractivity contribution < 1.29 is 4.74 Å². The van der Waals surface area contributed by atoms with Gasteiger partial charge >= 0.3 is 0 Å². The first kappa shape index (κ1) is 18.0. The Morgan fingerprint density at radius 3 is 2.63 bits per heavy atom. The SMILES string of the molecule is COc1nc2c(C)cc(Br)cc2c(Cl)c1Cc1ccc(-n2cccn2)cc1. The van der Waals surface area contributed by atoms with E-state index in [2.05, 4.69) is 33.2 Å². The summed E-state index contributed by atoms with van der Waals surface area (Å²) in [6.07, 6.45) is 4.32. The number of methoxy groups -OCH3 is 1. The van der Waals surface area contributed by atoms with Gasteiger partial charge in [0.15, 0.2) is 0 Å². The Morgan fingerprint density at radius 2 is 1.96 bits per heavy atom. The Labute approximate surface area is 170 Å². The maximum Gasteiger partial charge on any atom is 0.218 e. The lowest BCUT2D eigenvalue weighted by Gasteiger charge is -2.14. The second-order valence-corrected chi connectivity index (χ2v) is 7.62. The molecule has 4 aromatic rings. The number of pyridine rings is 1. The van der Waals surface area contributed by atoms with E-state index in [0.29, 0.717) is 17.3 Å². The van der Waals surface area contributed by atoms with Crippen molar-refractivity contribution in [3.05, 3.63) is 81.0 Å². The first-order chi connectivity index (χ1) is 13.1. The fourth-order valence-corrected chi connectivity index (χ4v) is 4.05. The highest BCUT2D eigenvalue weighted by molar-refractivity contribution is 9.10. The number of benzene rings is 2. The molecule has 6 heteroatoms. The van der Waals surface area contributed by atoms with E-state index in [9.17, 15) is 0 Å². The van der Waals surface area contributed by atoms with Crippen LogP contribution in [0.25, 0.3) is 16.6 Å². The minimum absolute atomic E-state index is 0.564. The molecule has 2 aromatic carbocycles. The average Bonchev–Trinajstić information content (AvgIpc) is 3.19. The highest BCUT2D eigenvalue weighted by Gasteiger charge is 2.17. The molecule has 0 aliphatic heterocycles. The Kier molecular flexibility index (Phi) is 4.89. The molecule has 2 heterocycles. The highest BCUT2D eigenvalue weighted by atomic mass is 79.9. The van der Waals surface area contributed by atoms with Gasteiger partial charge in [-0.15, -0.1) is 0 Å². The van der Waals surface area contributed by atoms with Crippen LogP contribution in [0.3, 0.4) is 0 Å². The number of ether oxygens (including phenoxy) is 1. The van der Waals surface area contributed by atoms with Gasteiger partial charge in [-0.2, -0.15) is 5.10 Å². The number of nitrogens with zero attached hydrogens (tertiary/aromatic N) is 3. The highest BCUT2D eigenvalue weighted by Crippen LogP contribution is 2.36. The summed E-state index contributed by atoms with van der Waals surface area (Å²) in [6.45, 7) is 2.02. The molecule has 0 aliphatic rings. The van der Waals surface area contributed by atoms with Crippen molar-refractivity contribution >= 4 is 38.4 Å². The molecule has 136 valence electrons. The third-order valence-electron chi connectivity index (χ3n) is 4.52. The monoisotopic (exact) mass is 441 g/mol. The van der Waals surface area contributed by atoms with E-state index in [4.69, 9.17) is 21.3 Å². The Hall–Kier alpha value is -2.37. The molecular formula is C21H17BrClN3O. The smallest absolute Gasteiger partial charge is 0.218 e. The Bertz CT molecular complexity index is 1110. The second kappa shape index (κ2) is 7.33. The van der Waals surface area contributed by atoms with Crippen LogP contribution >= 0.6 is 27.5 Å². The Morgan fingerprint density at radius 1 is 1.19 bits per heavy atom. The van der Waals surface area contributed by atoms with Crippen molar-refractivity contribution in [3.63, 3.8) is 0 Å². The van der Waals surface area contributed by atoms with Crippen LogP contribution in [-0.2, 0) is 6.42 Å². The minimum atomic E-state index is 0.564. The van der Waals surface area contributed by atoms with Gasteiger partial charge in [0, 0.05) is 34.2 Å². The number of hydrogen-bond donors (Lipinski definition) is 0. The zero-order chi connectivity index (χ0) is 19.0. The first-order valence-electron chi connectivity index (χ1n) is 8.48. The fourth-order valence-electron chi connectivity index (χ4n) is 3.19. The lowest BCUT2D eigenvalue weighted by atomic mass is 10.0. The lowest BCUT2D eigenvalue weighted by molar-refractivity contribution is 0.395. The third kappa shape index (κ3) is 3.45. The van der Waals surface area contributed by atoms with Crippen LogP contribution in [-0.4, -0.2) is 21.9 Å². The van der Waals surface area contributed by atoms with Crippen molar-refractivity contribution in [2.75, 3.05) is 7.11 Å². The molecule has 0 fully saturated rings. The molecule has 0 saturated carbocycles. The molecule has 0 amide bonds. The van der Waals surface area contributed by atoms with Crippen LogP contribution in [0, 0.1) is 6.92 Å². The number of fused-ring (bicyclic) bond motifs is 1. The summed E-state index contributed by atoms with van der Waals surface area (Å²) in [5.41, 5.74) is 4.93. The minimum Gasteiger partial charge on any atom is -0.481 e. The van der Waals surface area contributed by atoms with Gasteiger partial charge in [0.2, 0.25) is 5.88 Å². The summed E-state index contributed by atoms with van der Waals surface area (Å²) in [4.78, 5) is 4.71. The molecule has 0 atom stereocenters. The van der Waals surface area contributed by atoms with Crippen molar-refractivity contribution in [3.8, 4) is 11.6 Å². The van der Waals surface area contributed by atoms with E-state index in [-0.39, 0.29) is 0 Å². The maximum atomic E-state index is 6.78. The van der Waals surface area contributed by atoms with E-state index in [1.54, 1.807) is 13.3 Å². The molecule has 0 bridgehead atoms. The number of hydrogen-bond acceptors (Lipinski definition) is 3. The predicted octanol–water partition coefficient (Wildman–Crippen LogP) is 5.74. The van der Waals surface area contributed by atoms with Gasteiger partial charge in [-0.05, 0) is 48.4 Å². The number of halogens is 2. The molecule has 0 spiro atoms. The summed E-state index contributed by atoms with van der Waals surface area (Å²) in [7, 11) is 1.63. The number of aryl methyl sites for hydroxylation is 1. The van der Waals surface area contributed by atoms with Gasteiger partial charge < -0.3 is 4.74 Å². The molecule has 2 aromatic heterocycles. The van der Waals surface area contributed by atoms with Gasteiger partial charge in [0.25, 0.3) is 0 Å². The van der Waals surface area contributed by atoms with Crippen LogP contribution < -0.4 is 4.74 Å². The molecule has 4 rings (SSSR count). The van der Waals surface area contributed by atoms with Crippen molar-refractivity contribution in [2.24, 2.45) is 0 Å². The van der Waals surface area contributed by atoms with E-state index in [0.717, 1.165) is 37.8 Å². The normalized spacial score (nSPS) is 11.1. The van der Waals surface area contributed by atoms with E-state index in [1.165, 1.54) is 0 Å². The molecule has 27 heavy (non-hydrogen) atoms. The molecule has 0 unspecified atom stereocenters. The largest absolute Gasteiger partial charge is 0.481 e. The van der Waals surface area contributed by atoms with Crippen molar-refractivity contribution in [1.82, 2.24) is 14.8 Å². The quantitative estimate of drug-likeness (QED) is 0.404.